The maximum absolute atomic E-state index is 5.72. The Balaban J connectivity index is 2.39. The molecule has 0 bridgehead atoms. The van der Waals surface area contributed by atoms with E-state index in [0.29, 0.717) is 5.76 Å². The summed E-state index contributed by atoms with van der Waals surface area (Å²) in [6.45, 7) is 3.92. The molecule has 3 nitrogen and oxygen atoms in total. The Labute approximate surface area is 103 Å². The van der Waals surface area contributed by atoms with Crippen LogP contribution in [-0.2, 0) is 0 Å². The molecule has 2 N–H and O–H groups in total. The van der Waals surface area contributed by atoms with Crippen LogP contribution in [-0.4, -0.2) is 5.16 Å². The molecule has 2 aromatic rings. The van der Waals surface area contributed by atoms with Crippen LogP contribution in [0.1, 0.15) is 24.3 Å². The topological polar surface area (TPSA) is 52.0 Å². The number of halogens is 1. The van der Waals surface area contributed by atoms with Crippen LogP contribution in [0.3, 0.4) is 0 Å². The van der Waals surface area contributed by atoms with Gasteiger partial charge in [-0.15, -0.1) is 0 Å². The van der Waals surface area contributed by atoms with Gasteiger partial charge in [0.05, 0.1) is 6.04 Å². The molecule has 2 rings (SSSR count). The van der Waals surface area contributed by atoms with Gasteiger partial charge in [0.2, 0.25) is 0 Å². The summed E-state index contributed by atoms with van der Waals surface area (Å²) < 4.78 is 6.23. The largest absolute Gasteiger partial charge is 0.359 e. The average Bonchev–Trinajstić information content (AvgIpc) is 2.71. The van der Waals surface area contributed by atoms with Gasteiger partial charge in [0, 0.05) is 16.1 Å². The maximum atomic E-state index is 5.72. The average molecular weight is 281 g/mol. The zero-order valence-corrected chi connectivity index (χ0v) is 10.8. The fourth-order valence-corrected chi connectivity index (χ4v) is 1.77. The Kier molecular flexibility index (Phi) is 3.12. The van der Waals surface area contributed by atoms with E-state index in [2.05, 4.69) is 21.1 Å². The minimum atomic E-state index is -0.130. The summed E-state index contributed by atoms with van der Waals surface area (Å²) in [5.41, 5.74) is 8.74. The van der Waals surface area contributed by atoms with Gasteiger partial charge in [0.25, 0.3) is 0 Å². The number of rotatable bonds is 2. The van der Waals surface area contributed by atoms with Gasteiger partial charge in [-0.2, -0.15) is 0 Å². The van der Waals surface area contributed by atoms with Gasteiger partial charge in [-0.05, 0) is 25.5 Å². The molecule has 0 aliphatic rings. The van der Waals surface area contributed by atoms with E-state index in [1.807, 2.05) is 38.1 Å². The van der Waals surface area contributed by atoms with E-state index in [1.165, 1.54) is 5.56 Å². The Bertz CT molecular complexity index is 505. The van der Waals surface area contributed by atoms with Crippen LogP contribution in [0.15, 0.2) is 33.3 Å². The van der Waals surface area contributed by atoms with Crippen LogP contribution in [0.25, 0.3) is 11.3 Å². The molecule has 0 saturated carbocycles. The number of aromatic nitrogens is 1. The summed E-state index contributed by atoms with van der Waals surface area (Å²) in [7, 11) is 0. The fraction of sp³-hybridized carbons (Fsp3) is 0.250. The first-order valence-electron chi connectivity index (χ1n) is 5.06. The van der Waals surface area contributed by atoms with Crippen LogP contribution < -0.4 is 5.73 Å². The van der Waals surface area contributed by atoms with Crippen molar-refractivity contribution in [1.29, 1.82) is 0 Å². The predicted molar refractivity (Wildman–Crippen MR) is 67.0 cm³/mol. The van der Waals surface area contributed by atoms with E-state index >= 15 is 0 Å². The molecule has 4 heteroatoms. The van der Waals surface area contributed by atoms with Crippen molar-refractivity contribution in [3.8, 4) is 11.3 Å². The maximum Gasteiger partial charge on any atom is 0.153 e. The number of aryl methyl sites for hydroxylation is 1. The van der Waals surface area contributed by atoms with Crippen molar-refractivity contribution in [2.24, 2.45) is 5.73 Å². The standard InChI is InChI=1S/C12H13BrN2O/c1-7-3-4-9(5-10(7)13)11-6-12(8(2)14)16-15-11/h3-6,8H,14H2,1-2H3. The van der Waals surface area contributed by atoms with Crippen LogP contribution in [0, 0.1) is 6.92 Å². The van der Waals surface area contributed by atoms with Crippen molar-refractivity contribution < 1.29 is 4.52 Å². The van der Waals surface area contributed by atoms with Crippen LogP contribution >= 0.6 is 15.9 Å². The van der Waals surface area contributed by atoms with Crippen molar-refractivity contribution in [2.75, 3.05) is 0 Å². The van der Waals surface area contributed by atoms with Gasteiger partial charge in [-0.1, -0.05) is 33.2 Å². The number of hydrogen-bond acceptors (Lipinski definition) is 3. The molecule has 1 aromatic heterocycles. The molecule has 0 aliphatic heterocycles. The van der Waals surface area contributed by atoms with E-state index in [-0.39, 0.29) is 6.04 Å². The SMILES string of the molecule is Cc1ccc(-c2cc(C(C)N)on2)cc1Br. The minimum absolute atomic E-state index is 0.130. The molecule has 84 valence electrons. The number of benzene rings is 1. The fourth-order valence-electron chi connectivity index (χ4n) is 1.39. The van der Waals surface area contributed by atoms with Gasteiger partial charge in [0.15, 0.2) is 5.76 Å². The Hall–Kier alpha value is -1.13. The van der Waals surface area contributed by atoms with Crippen molar-refractivity contribution in [3.05, 3.63) is 40.1 Å². The van der Waals surface area contributed by atoms with Crippen LogP contribution in [0.2, 0.25) is 0 Å². The zero-order valence-electron chi connectivity index (χ0n) is 9.20. The molecular formula is C12H13BrN2O. The summed E-state index contributed by atoms with van der Waals surface area (Å²) in [4.78, 5) is 0. The van der Waals surface area contributed by atoms with E-state index in [1.54, 1.807) is 0 Å². The smallest absolute Gasteiger partial charge is 0.153 e. The lowest BCUT2D eigenvalue weighted by atomic mass is 10.1. The third-order valence-corrected chi connectivity index (χ3v) is 3.30. The first kappa shape index (κ1) is 11.4. The third-order valence-electron chi connectivity index (χ3n) is 2.44. The van der Waals surface area contributed by atoms with Gasteiger partial charge < -0.3 is 10.3 Å². The monoisotopic (exact) mass is 280 g/mol. The molecule has 0 fully saturated rings. The summed E-state index contributed by atoms with van der Waals surface area (Å²) in [6.07, 6.45) is 0. The molecule has 0 spiro atoms. The lowest BCUT2D eigenvalue weighted by molar-refractivity contribution is 0.369. The molecule has 1 aromatic carbocycles. The Morgan fingerprint density at radius 2 is 2.12 bits per heavy atom. The molecule has 0 radical (unpaired) electrons. The lowest BCUT2D eigenvalue weighted by Crippen LogP contribution is -2.02. The lowest BCUT2D eigenvalue weighted by Gasteiger charge is -2.00. The molecule has 0 amide bonds. The highest BCUT2D eigenvalue weighted by Crippen LogP contribution is 2.26. The van der Waals surface area contributed by atoms with Crippen LogP contribution in [0.5, 0.6) is 0 Å². The normalized spacial score (nSPS) is 12.8. The summed E-state index contributed by atoms with van der Waals surface area (Å²) in [5, 5.41) is 4.00. The highest BCUT2D eigenvalue weighted by atomic mass is 79.9. The van der Waals surface area contributed by atoms with Gasteiger partial charge in [-0.3, -0.25) is 0 Å². The van der Waals surface area contributed by atoms with Crippen molar-refractivity contribution >= 4 is 15.9 Å². The Morgan fingerprint density at radius 1 is 1.38 bits per heavy atom. The minimum Gasteiger partial charge on any atom is -0.359 e. The number of nitrogens with two attached hydrogens (primary N) is 1. The van der Waals surface area contributed by atoms with E-state index < -0.39 is 0 Å². The molecular weight excluding hydrogens is 268 g/mol. The predicted octanol–water partition coefficient (Wildman–Crippen LogP) is 3.43. The quantitative estimate of drug-likeness (QED) is 0.917. The second kappa shape index (κ2) is 4.39. The highest BCUT2D eigenvalue weighted by molar-refractivity contribution is 9.10. The second-order valence-electron chi connectivity index (χ2n) is 3.87. The van der Waals surface area contributed by atoms with Gasteiger partial charge >= 0.3 is 0 Å². The van der Waals surface area contributed by atoms with Gasteiger partial charge in [0.1, 0.15) is 5.69 Å². The summed E-state index contributed by atoms with van der Waals surface area (Å²) in [5.74, 6) is 0.701. The molecule has 1 atom stereocenters. The van der Waals surface area contributed by atoms with Crippen molar-refractivity contribution in [1.82, 2.24) is 5.16 Å². The zero-order chi connectivity index (χ0) is 11.7. The summed E-state index contributed by atoms with van der Waals surface area (Å²) >= 11 is 3.50. The van der Waals surface area contributed by atoms with Gasteiger partial charge in [-0.25, -0.2) is 0 Å². The number of hydrogen-bond donors (Lipinski definition) is 1. The summed E-state index contributed by atoms with van der Waals surface area (Å²) in [6, 6.07) is 7.83. The van der Waals surface area contributed by atoms with Crippen molar-refractivity contribution in [3.63, 3.8) is 0 Å². The molecule has 16 heavy (non-hydrogen) atoms. The first-order chi connectivity index (χ1) is 7.58. The van der Waals surface area contributed by atoms with Crippen LogP contribution in [0.4, 0.5) is 0 Å². The van der Waals surface area contributed by atoms with Crippen molar-refractivity contribution in [2.45, 2.75) is 19.9 Å². The second-order valence-corrected chi connectivity index (χ2v) is 4.72. The highest BCUT2D eigenvalue weighted by Gasteiger charge is 2.10. The molecule has 1 unspecified atom stereocenters. The van der Waals surface area contributed by atoms with E-state index in [9.17, 15) is 0 Å². The Morgan fingerprint density at radius 3 is 2.69 bits per heavy atom. The van der Waals surface area contributed by atoms with E-state index in [4.69, 9.17) is 10.3 Å². The molecule has 0 saturated heterocycles. The molecule has 1 heterocycles. The number of nitrogens with zero attached hydrogens (tertiary/aromatic N) is 1. The first-order valence-corrected chi connectivity index (χ1v) is 5.86. The van der Waals surface area contributed by atoms with E-state index in [0.717, 1.165) is 15.7 Å². The molecule has 0 aliphatic carbocycles. The third kappa shape index (κ3) is 2.18.